The number of amides is 1. The molecule has 1 aliphatic rings. The summed E-state index contributed by atoms with van der Waals surface area (Å²) in [4.78, 5) is 27.4. The van der Waals surface area contributed by atoms with Crippen molar-refractivity contribution in [2.45, 2.75) is 70.9 Å². The molecule has 1 saturated carbocycles. The lowest BCUT2D eigenvalue weighted by Crippen LogP contribution is -2.51. The third kappa shape index (κ3) is 6.01. The maximum Gasteiger partial charge on any atom is 0.252 e. The van der Waals surface area contributed by atoms with Crippen molar-refractivity contribution in [1.82, 2.24) is 40.2 Å². The van der Waals surface area contributed by atoms with Gasteiger partial charge in [-0.2, -0.15) is 10.2 Å². The monoisotopic (exact) mass is 547 g/mol. The van der Waals surface area contributed by atoms with Crippen molar-refractivity contribution in [3.05, 3.63) is 71.4 Å². The topological polar surface area (TPSA) is 136 Å². The van der Waals surface area contributed by atoms with Crippen LogP contribution in [0, 0.1) is 19.7 Å². The molecule has 0 saturated heterocycles. The van der Waals surface area contributed by atoms with E-state index >= 15 is 0 Å². The number of aryl methyl sites for hydroxylation is 2. The van der Waals surface area contributed by atoms with Crippen LogP contribution in [-0.4, -0.2) is 53.0 Å². The molecule has 40 heavy (non-hydrogen) atoms. The second-order valence-electron chi connectivity index (χ2n) is 10.3. The molecule has 12 heteroatoms. The summed E-state index contributed by atoms with van der Waals surface area (Å²) >= 11 is 0. The summed E-state index contributed by atoms with van der Waals surface area (Å²) in [5, 5.41) is 17.4. The van der Waals surface area contributed by atoms with Gasteiger partial charge in [0.2, 0.25) is 0 Å². The number of anilines is 2. The van der Waals surface area contributed by atoms with Crippen LogP contribution >= 0.6 is 0 Å². The van der Waals surface area contributed by atoms with Crippen molar-refractivity contribution in [3.8, 4) is 5.82 Å². The van der Waals surface area contributed by atoms with Gasteiger partial charge in [0, 0.05) is 42.2 Å². The van der Waals surface area contributed by atoms with Crippen LogP contribution in [-0.2, 0) is 9.53 Å². The Balaban J connectivity index is 1.24. The van der Waals surface area contributed by atoms with Crippen molar-refractivity contribution in [2.75, 3.05) is 11.9 Å². The highest BCUT2D eigenvalue weighted by molar-refractivity contribution is 5.85. The molecule has 0 bridgehead atoms. The smallest absolute Gasteiger partial charge is 0.252 e. The zero-order valence-electron chi connectivity index (χ0n) is 23.1. The predicted octanol–water partition coefficient (Wildman–Crippen LogP) is 4.59. The van der Waals surface area contributed by atoms with Crippen molar-refractivity contribution in [3.63, 3.8) is 0 Å². The molecule has 4 aromatic rings. The number of ether oxygens (including phenoxy) is 1. The van der Waals surface area contributed by atoms with E-state index in [1.165, 1.54) is 10.9 Å². The van der Waals surface area contributed by atoms with Crippen LogP contribution in [0.25, 0.3) is 5.82 Å². The Hall–Kier alpha value is -4.19. The third-order valence-electron chi connectivity index (χ3n) is 7.23. The Morgan fingerprint density at radius 2 is 2.00 bits per heavy atom. The minimum Gasteiger partial charge on any atom is -0.365 e. The summed E-state index contributed by atoms with van der Waals surface area (Å²) in [7, 11) is 0. The van der Waals surface area contributed by atoms with Crippen LogP contribution in [0.4, 0.5) is 16.0 Å². The molecule has 210 valence electrons. The van der Waals surface area contributed by atoms with E-state index in [4.69, 9.17) is 14.7 Å². The van der Waals surface area contributed by atoms with Gasteiger partial charge in [-0.15, -0.1) is 0 Å². The highest BCUT2D eigenvalue weighted by Crippen LogP contribution is 2.40. The quantitative estimate of drug-likeness (QED) is 0.277. The predicted molar refractivity (Wildman–Crippen MR) is 147 cm³/mol. The van der Waals surface area contributed by atoms with Gasteiger partial charge in [-0.1, -0.05) is 6.07 Å². The first-order chi connectivity index (χ1) is 19.2. The lowest BCUT2D eigenvalue weighted by molar-refractivity contribution is -0.152. The van der Waals surface area contributed by atoms with Crippen LogP contribution in [0.1, 0.15) is 74.3 Å². The Morgan fingerprint density at radius 3 is 2.62 bits per heavy atom. The molecule has 3 N–H and O–H groups in total. The standard InChI is InChI=1S/C28H34FN9O2/c1-5-40-28(27(39)33-19(4)21-6-7-25(30-14-21)38-16-22(29)15-31-38)10-8-20(9-11-28)26-32-17(2)12-23(35-26)34-24-13-18(3)36-37-24/h6-7,12-16,19-20H,5,8-11H2,1-4H3,(H,33,39)(H2,32,34,35,36,37)/t19-,20-,28+/m0/s1. The molecule has 1 atom stereocenters. The van der Waals surface area contributed by atoms with E-state index in [1.807, 2.05) is 45.9 Å². The fraction of sp³-hybridized carbons (Fsp3) is 0.429. The van der Waals surface area contributed by atoms with Gasteiger partial charge in [0.25, 0.3) is 5.91 Å². The first kappa shape index (κ1) is 27.4. The van der Waals surface area contributed by atoms with Crippen molar-refractivity contribution < 1.29 is 13.9 Å². The maximum atomic E-state index is 13.6. The molecule has 1 aliphatic carbocycles. The Bertz CT molecular complexity index is 1460. The maximum absolute atomic E-state index is 13.6. The van der Waals surface area contributed by atoms with E-state index in [2.05, 4.69) is 30.9 Å². The number of hydrogen-bond donors (Lipinski definition) is 3. The number of H-pyrrole nitrogens is 1. The molecule has 1 fully saturated rings. The average molecular weight is 548 g/mol. The van der Waals surface area contributed by atoms with E-state index in [-0.39, 0.29) is 17.9 Å². The van der Waals surface area contributed by atoms with Gasteiger partial charge in [-0.05, 0) is 65.0 Å². The number of pyridine rings is 1. The molecule has 1 amide bonds. The van der Waals surface area contributed by atoms with Crippen LogP contribution < -0.4 is 10.6 Å². The van der Waals surface area contributed by atoms with Gasteiger partial charge < -0.3 is 15.4 Å². The fourth-order valence-corrected chi connectivity index (χ4v) is 5.13. The number of carbonyl (C=O) groups excluding carboxylic acids is 1. The second-order valence-corrected chi connectivity index (χ2v) is 10.3. The summed E-state index contributed by atoms with van der Waals surface area (Å²) in [5.41, 5.74) is 1.73. The number of aromatic amines is 1. The van der Waals surface area contributed by atoms with Crippen LogP contribution in [0.5, 0.6) is 0 Å². The zero-order chi connectivity index (χ0) is 28.3. The highest BCUT2D eigenvalue weighted by Gasteiger charge is 2.44. The third-order valence-corrected chi connectivity index (χ3v) is 7.23. The Labute approximate surface area is 232 Å². The number of nitrogens with zero attached hydrogens (tertiary/aromatic N) is 6. The molecule has 5 rings (SSSR count). The Morgan fingerprint density at radius 1 is 1.20 bits per heavy atom. The number of nitrogens with one attached hydrogen (secondary N) is 3. The SMILES string of the molecule is CCO[C@]1(C(=O)N[C@@H](C)c2ccc(-n3cc(F)cn3)nc2)CC[C@H](c2nc(C)cc(Nc3cc(C)[nH]n3)n2)CC1. The van der Waals surface area contributed by atoms with Crippen LogP contribution in [0.15, 0.2) is 42.9 Å². The van der Waals surface area contributed by atoms with E-state index < -0.39 is 11.4 Å². The number of carbonyl (C=O) groups is 1. The minimum atomic E-state index is -0.920. The van der Waals surface area contributed by atoms with Crippen molar-refractivity contribution >= 4 is 17.5 Å². The number of aromatic nitrogens is 7. The van der Waals surface area contributed by atoms with E-state index in [9.17, 15) is 9.18 Å². The highest BCUT2D eigenvalue weighted by atomic mass is 19.1. The van der Waals surface area contributed by atoms with Crippen molar-refractivity contribution in [1.29, 1.82) is 0 Å². The largest absolute Gasteiger partial charge is 0.365 e. The lowest BCUT2D eigenvalue weighted by atomic mass is 9.77. The first-order valence-electron chi connectivity index (χ1n) is 13.5. The van der Waals surface area contributed by atoms with Crippen LogP contribution in [0.3, 0.4) is 0 Å². The molecule has 0 radical (unpaired) electrons. The molecular weight excluding hydrogens is 513 g/mol. The molecule has 0 unspecified atom stereocenters. The second kappa shape index (κ2) is 11.5. The summed E-state index contributed by atoms with van der Waals surface area (Å²) in [6.45, 7) is 8.13. The molecule has 0 aromatic carbocycles. The minimum absolute atomic E-state index is 0.115. The average Bonchev–Trinajstić information content (AvgIpc) is 3.56. The Kier molecular flexibility index (Phi) is 7.88. The molecule has 0 aliphatic heterocycles. The summed E-state index contributed by atoms with van der Waals surface area (Å²) in [6.07, 6.45) is 6.62. The molecule has 0 spiro atoms. The van der Waals surface area contributed by atoms with Gasteiger partial charge >= 0.3 is 0 Å². The van der Waals surface area contributed by atoms with E-state index in [1.54, 1.807) is 12.3 Å². The number of halogens is 1. The van der Waals surface area contributed by atoms with Crippen molar-refractivity contribution in [2.24, 2.45) is 0 Å². The van der Waals surface area contributed by atoms with E-state index in [0.29, 0.717) is 36.9 Å². The summed E-state index contributed by atoms with van der Waals surface area (Å²) in [5.74, 6) is 2.19. The molecular formula is C28H34FN9O2. The summed E-state index contributed by atoms with van der Waals surface area (Å²) in [6, 6.07) is 7.11. The molecule has 11 nitrogen and oxygen atoms in total. The summed E-state index contributed by atoms with van der Waals surface area (Å²) < 4.78 is 20.8. The first-order valence-corrected chi connectivity index (χ1v) is 13.5. The molecule has 4 heterocycles. The van der Waals surface area contributed by atoms with Gasteiger partial charge in [0.1, 0.15) is 17.2 Å². The normalized spacial score (nSPS) is 19.8. The van der Waals surface area contributed by atoms with Gasteiger partial charge in [0.05, 0.1) is 18.4 Å². The van der Waals surface area contributed by atoms with Gasteiger partial charge in [-0.25, -0.2) is 24.0 Å². The zero-order valence-corrected chi connectivity index (χ0v) is 23.1. The van der Waals surface area contributed by atoms with Gasteiger partial charge in [-0.3, -0.25) is 9.89 Å². The van der Waals surface area contributed by atoms with E-state index in [0.717, 1.165) is 41.8 Å². The number of rotatable bonds is 9. The lowest BCUT2D eigenvalue weighted by Gasteiger charge is -2.39. The van der Waals surface area contributed by atoms with Gasteiger partial charge in [0.15, 0.2) is 17.5 Å². The number of hydrogen-bond acceptors (Lipinski definition) is 8. The molecule has 4 aromatic heterocycles. The van der Waals surface area contributed by atoms with Crippen LogP contribution in [0.2, 0.25) is 0 Å². The fourth-order valence-electron chi connectivity index (χ4n) is 5.13.